The molecule has 4 heteroatoms. The molecule has 0 aliphatic rings. The minimum atomic E-state index is 0.815. The lowest BCUT2D eigenvalue weighted by atomic mass is 10.0. The van der Waals surface area contributed by atoms with Crippen molar-refractivity contribution in [2.24, 2.45) is 0 Å². The van der Waals surface area contributed by atoms with Crippen LogP contribution in [0.4, 0.5) is 34.1 Å². The normalized spacial score (nSPS) is 11.7. The summed E-state index contributed by atoms with van der Waals surface area (Å²) < 4.78 is 13.2. The van der Waals surface area contributed by atoms with Crippen LogP contribution in [0.15, 0.2) is 203 Å². The Kier molecular flexibility index (Phi) is 6.82. The predicted molar refractivity (Wildman–Crippen MR) is 225 cm³/mol. The zero-order valence-electron chi connectivity index (χ0n) is 29.2. The molecule has 4 nitrogen and oxygen atoms in total. The second-order valence-electron chi connectivity index (χ2n) is 13.8. The molecule has 54 heavy (non-hydrogen) atoms. The van der Waals surface area contributed by atoms with Crippen molar-refractivity contribution in [3.8, 4) is 0 Å². The molecule has 0 saturated carbocycles. The first kappa shape index (κ1) is 30.3. The van der Waals surface area contributed by atoms with Crippen LogP contribution in [-0.4, -0.2) is 0 Å². The molecule has 254 valence electrons. The number of fused-ring (bicyclic) bond motifs is 9. The van der Waals surface area contributed by atoms with E-state index in [1.165, 1.54) is 0 Å². The zero-order chi connectivity index (χ0) is 35.6. The molecule has 0 radical (unpaired) electrons. The maximum absolute atomic E-state index is 6.66. The van der Waals surface area contributed by atoms with E-state index in [-0.39, 0.29) is 0 Å². The third-order valence-corrected chi connectivity index (χ3v) is 10.5. The average Bonchev–Trinajstić information content (AvgIpc) is 3.77. The monoisotopic (exact) mass is 692 g/mol. The summed E-state index contributed by atoms with van der Waals surface area (Å²) in [6.07, 6.45) is 0. The lowest BCUT2D eigenvalue weighted by Gasteiger charge is -2.25. The van der Waals surface area contributed by atoms with Crippen LogP contribution in [-0.2, 0) is 0 Å². The molecule has 0 amide bonds. The van der Waals surface area contributed by atoms with Crippen LogP contribution in [0, 0.1) is 0 Å². The van der Waals surface area contributed by atoms with Gasteiger partial charge in [0.15, 0.2) is 0 Å². The van der Waals surface area contributed by atoms with Gasteiger partial charge in [0.25, 0.3) is 0 Å². The fourth-order valence-corrected chi connectivity index (χ4v) is 8.03. The van der Waals surface area contributed by atoms with Crippen molar-refractivity contribution in [2.45, 2.75) is 0 Å². The van der Waals surface area contributed by atoms with Crippen molar-refractivity contribution >= 4 is 99.5 Å². The molecule has 2 heterocycles. The second kappa shape index (κ2) is 12.1. The van der Waals surface area contributed by atoms with Gasteiger partial charge in [0.2, 0.25) is 0 Å². The van der Waals surface area contributed by atoms with E-state index < -0.39 is 0 Å². The van der Waals surface area contributed by atoms with Crippen LogP contribution in [0.1, 0.15) is 0 Å². The predicted octanol–water partition coefficient (Wildman–Crippen LogP) is 14.7. The first-order chi connectivity index (χ1) is 26.7. The molecule has 9 aromatic carbocycles. The highest BCUT2D eigenvalue weighted by Crippen LogP contribution is 2.43. The summed E-state index contributed by atoms with van der Waals surface area (Å²) in [4.78, 5) is 4.57. The molecule has 0 spiro atoms. The van der Waals surface area contributed by atoms with Gasteiger partial charge in [-0.1, -0.05) is 84.9 Å². The Morgan fingerprint density at radius 2 is 0.704 bits per heavy atom. The van der Waals surface area contributed by atoms with E-state index in [0.29, 0.717) is 0 Å². The van der Waals surface area contributed by atoms with E-state index in [4.69, 9.17) is 8.83 Å². The topological polar surface area (TPSA) is 32.8 Å². The maximum Gasteiger partial charge on any atom is 0.143 e. The molecule has 11 rings (SSSR count). The fraction of sp³-hybridized carbons (Fsp3) is 0. The van der Waals surface area contributed by atoms with E-state index in [1.54, 1.807) is 0 Å². The summed E-state index contributed by atoms with van der Waals surface area (Å²) in [7, 11) is 0. The van der Waals surface area contributed by atoms with Crippen LogP contribution in [0.5, 0.6) is 0 Å². The van der Waals surface area contributed by atoms with Crippen molar-refractivity contribution < 1.29 is 8.83 Å². The first-order valence-corrected chi connectivity index (χ1v) is 18.2. The number of para-hydroxylation sites is 4. The second-order valence-corrected chi connectivity index (χ2v) is 13.8. The van der Waals surface area contributed by atoms with Gasteiger partial charge in [-0.25, -0.2) is 0 Å². The Hall–Kier alpha value is -7.30. The minimum absolute atomic E-state index is 0.815. The molecule has 0 saturated heterocycles. The number of hydrogen-bond donors (Lipinski definition) is 0. The third kappa shape index (κ3) is 4.92. The van der Waals surface area contributed by atoms with E-state index in [2.05, 4.69) is 204 Å². The summed E-state index contributed by atoms with van der Waals surface area (Å²) >= 11 is 0. The summed E-state index contributed by atoms with van der Waals surface area (Å²) in [6.45, 7) is 0. The highest BCUT2D eigenvalue weighted by molar-refractivity contribution is 6.20. The Labute approximate surface area is 311 Å². The standard InChI is InChI=1S/C50H32N2O2/c1-5-13-36(14-6-1)51(37-15-7-2-8-16-37)40-23-21-33-29-44-46-31-45-43-25-22-34-27-41(52(38-17-9-3-10-18-38)39-19-11-4-12-20-39)24-26-42(34)50(43)54-49(45)32-48(46)53-47(44)30-35(33)28-40/h1-32H. The van der Waals surface area contributed by atoms with Crippen LogP contribution in [0.25, 0.3) is 65.4 Å². The molecule has 2 aromatic heterocycles. The van der Waals surface area contributed by atoms with Gasteiger partial charge in [-0.05, 0) is 119 Å². The molecule has 11 aromatic rings. The number of furan rings is 2. The van der Waals surface area contributed by atoms with Gasteiger partial charge >= 0.3 is 0 Å². The number of rotatable bonds is 6. The number of nitrogens with zero attached hydrogens (tertiary/aromatic N) is 2. The largest absolute Gasteiger partial charge is 0.456 e. The van der Waals surface area contributed by atoms with Crippen molar-refractivity contribution in [3.63, 3.8) is 0 Å². The molecule has 0 bridgehead atoms. The quantitative estimate of drug-likeness (QED) is 0.174. The van der Waals surface area contributed by atoms with Crippen LogP contribution >= 0.6 is 0 Å². The molecule has 0 atom stereocenters. The number of benzene rings is 9. The van der Waals surface area contributed by atoms with Crippen molar-refractivity contribution in [1.29, 1.82) is 0 Å². The van der Waals surface area contributed by atoms with Crippen molar-refractivity contribution in [3.05, 3.63) is 194 Å². The Morgan fingerprint density at radius 1 is 0.259 bits per heavy atom. The van der Waals surface area contributed by atoms with Crippen LogP contribution in [0.2, 0.25) is 0 Å². The lowest BCUT2D eigenvalue weighted by molar-refractivity contribution is 0.658. The summed E-state index contributed by atoms with van der Waals surface area (Å²) in [5, 5.41) is 8.83. The Balaban J connectivity index is 1.01. The summed E-state index contributed by atoms with van der Waals surface area (Å²) in [5.74, 6) is 0. The van der Waals surface area contributed by atoms with Gasteiger partial charge in [-0.2, -0.15) is 0 Å². The average molecular weight is 693 g/mol. The maximum atomic E-state index is 6.66. The fourth-order valence-electron chi connectivity index (χ4n) is 8.03. The first-order valence-electron chi connectivity index (χ1n) is 18.2. The van der Waals surface area contributed by atoms with Gasteiger partial charge in [-0.15, -0.1) is 0 Å². The van der Waals surface area contributed by atoms with Crippen LogP contribution < -0.4 is 9.80 Å². The third-order valence-electron chi connectivity index (χ3n) is 10.5. The van der Waals surface area contributed by atoms with Gasteiger partial charge in [0.1, 0.15) is 22.3 Å². The SMILES string of the molecule is c1ccc(N(c2ccccc2)c2ccc3cc4c(cc3c2)oc2cc3oc5c6ccc(N(c7ccccc7)c7ccccc7)cc6ccc5c3cc24)cc1. The minimum Gasteiger partial charge on any atom is -0.456 e. The van der Waals surface area contributed by atoms with Gasteiger partial charge in [0.05, 0.1) is 0 Å². The number of hydrogen-bond acceptors (Lipinski definition) is 4. The van der Waals surface area contributed by atoms with E-state index >= 15 is 0 Å². The Bertz CT molecular complexity index is 2980. The van der Waals surface area contributed by atoms with Gasteiger partial charge < -0.3 is 18.6 Å². The van der Waals surface area contributed by atoms with E-state index in [1.807, 2.05) is 0 Å². The van der Waals surface area contributed by atoms with E-state index in [9.17, 15) is 0 Å². The number of anilines is 6. The zero-order valence-corrected chi connectivity index (χ0v) is 29.2. The molecule has 0 unspecified atom stereocenters. The molecule has 0 N–H and O–H groups in total. The highest BCUT2D eigenvalue weighted by Gasteiger charge is 2.19. The molecule has 0 aliphatic heterocycles. The molecular formula is C50H32N2O2. The summed E-state index contributed by atoms with van der Waals surface area (Å²) in [5.41, 5.74) is 9.99. The van der Waals surface area contributed by atoms with Crippen molar-refractivity contribution in [1.82, 2.24) is 0 Å². The van der Waals surface area contributed by atoms with Gasteiger partial charge in [0, 0.05) is 67.1 Å². The lowest BCUT2D eigenvalue weighted by Crippen LogP contribution is -2.09. The van der Waals surface area contributed by atoms with Crippen molar-refractivity contribution in [2.75, 3.05) is 9.80 Å². The molecule has 0 fully saturated rings. The smallest absolute Gasteiger partial charge is 0.143 e. The highest BCUT2D eigenvalue weighted by atomic mass is 16.3. The molecular weight excluding hydrogens is 661 g/mol. The molecule has 0 aliphatic carbocycles. The summed E-state index contributed by atoms with van der Waals surface area (Å²) in [6, 6.07) is 68.4. The Morgan fingerprint density at radius 3 is 1.30 bits per heavy atom. The van der Waals surface area contributed by atoms with Crippen LogP contribution in [0.3, 0.4) is 0 Å². The van der Waals surface area contributed by atoms with Gasteiger partial charge in [-0.3, -0.25) is 0 Å². The van der Waals surface area contributed by atoms with E-state index in [0.717, 1.165) is 99.5 Å².